The van der Waals surface area contributed by atoms with Gasteiger partial charge in [-0.2, -0.15) is 11.8 Å². The second-order valence-corrected chi connectivity index (χ2v) is 7.44. The number of nitrogens with one attached hydrogen (secondary N) is 1. The molecule has 0 aliphatic carbocycles. The number of nitrogens with zero attached hydrogens (tertiary/aromatic N) is 2. The molecule has 1 aromatic heterocycles. The van der Waals surface area contributed by atoms with Gasteiger partial charge in [0.2, 0.25) is 5.13 Å². The molecule has 0 fully saturated rings. The zero-order valence-corrected chi connectivity index (χ0v) is 13.7. The number of rotatable bonds is 6. The number of anilines is 2. The molecular formula is C13H17N3S3. The summed E-state index contributed by atoms with van der Waals surface area (Å²) < 4.78 is 1.03. The Morgan fingerprint density at radius 1 is 1.16 bits per heavy atom. The van der Waals surface area contributed by atoms with Crippen molar-refractivity contribution >= 4 is 45.7 Å². The summed E-state index contributed by atoms with van der Waals surface area (Å²) in [7, 11) is 0. The quantitative estimate of drug-likeness (QED) is 0.634. The minimum absolute atomic E-state index is 0.856. The molecule has 19 heavy (non-hydrogen) atoms. The molecule has 0 bridgehead atoms. The minimum Gasteiger partial charge on any atom is -0.330 e. The number of thioether (sulfide) groups is 2. The van der Waals surface area contributed by atoms with Crippen molar-refractivity contribution in [1.29, 1.82) is 0 Å². The van der Waals surface area contributed by atoms with Gasteiger partial charge >= 0.3 is 0 Å². The van der Waals surface area contributed by atoms with Gasteiger partial charge in [-0.05, 0) is 43.4 Å². The van der Waals surface area contributed by atoms with E-state index in [1.54, 1.807) is 23.1 Å². The lowest BCUT2D eigenvalue weighted by atomic mass is 10.1. The molecule has 0 saturated heterocycles. The van der Waals surface area contributed by atoms with Crippen LogP contribution in [0, 0.1) is 13.8 Å². The van der Waals surface area contributed by atoms with E-state index in [1.165, 1.54) is 11.1 Å². The number of hydrogen-bond donors (Lipinski definition) is 1. The topological polar surface area (TPSA) is 37.8 Å². The summed E-state index contributed by atoms with van der Waals surface area (Å²) in [5.41, 5.74) is 3.65. The van der Waals surface area contributed by atoms with Crippen LogP contribution in [0.25, 0.3) is 0 Å². The van der Waals surface area contributed by atoms with Crippen LogP contribution in [-0.4, -0.2) is 28.0 Å². The zero-order valence-electron chi connectivity index (χ0n) is 11.3. The predicted molar refractivity (Wildman–Crippen MR) is 88.2 cm³/mol. The van der Waals surface area contributed by atoms with Crippen molar-refractivity contribution in [3.8, 4) is 0 Å². The van der Waals surface area contributed by atoms with Gasteiger partial charge in [-0.15, -0.1) is 10.2 Å². The Labute approximate surface area is 126 Å². The summed E-state index contributed by atoms with van der Waals surface area (Å²) in [5, 5.41) is 12.5. The van der Waals surface area contributed by atoms with E-state index < -0.39 is 0 Å². The highest BCUT2D eigenvalue weighted by Crippen LogP contribution is 2.28. The molecule has 2 rings (SSSR count). The Kier molecular flexibility index (Phi) is 5.54. The van der Waals surface area contributed by atoms with Crippen LogP contribution >= 0.6 is 34.9 Å². The van der Waals surface area contributed by atoms with Gasteiger partial charge in [0.1, 0.15) is 0 Å². The van der Waals surface area contributed by atoms with Crippen molar-refractivity contribution < 1.29 is 0 Å². The van der Waals surface area contributed by atoms with Crippen LogP contribution in [0.4, 0.5) is 10.8 Å². The first kappa shape index (κ1) is 14.7. The molecule has 0 aliphatic rings. The smallest absolute Gasteiger partial charge is 0.210 e. The molecule has 0 unspecified atom stereocenters. The largest absolute Gasteiger partial charge is 0.330 e. The lowest BCUT2D eigenvalue weighted by molar-refractivity contribution is 1.01. The van der Waals surface area contributed by atoms with E-state index in [0.29, 0.717) is 0 Å². The van der Waals surface area contributed by atoms with Crippen molar-refractivity contribution in [1.82, 2.24) is 10.2 Å². The fourth-order valence-electron chi connectivity index (χ4n) is 1.47. The number of aromatic nitrogens is 2. The lowest BCUT2D eigenvalue weighted by Crippen LogP contribution is -1.91. The van der Waals surface area contributed by atoms with Crippen molar-refractivity contribution in [2.75, 3.05) is 23.1 Å². The molecule has 0 amide bonds. The molecule has 102 valence electrons. The summed E-state index contributed by atoms with van der Waals surface area (Å²) in [4.78, 5) is 0. The van der Waals surface area contributed by atoms with Crippen LogP contribution in [0.3, 0.4) is 0 Å². The zero-order chi connectivity index (χ0) is 13.7. The second-order valence-electron chi connectivity index (χ2n) is 4.14. The molecule has 1 heterocycles. The monoisotopic (exact) mass is 311 g/mol. The van der Waals surface area contributed by atoms with Crippen molar-refractivity contribution in [2.24, 2.45) is 0 Å². The highest BCUT2D eigenvalue weighted by atomic mass is 32.2. The van der Waals surface area contributed by atoms with Crippen LogP contribution in [0.1, 0.15) is 11.1 Å². The summed E-state index contributed by atoms with van der Waals surface area (Å²) >= 11 is 5.23. The van der Waals surface area contributed by atoms with Gasteiger partial charge in [0.25, 0.3) is 0 Å². The van der Waals surface area contributed by atoms with E-state index in [1.807, 2.05) is 11.8 Å². The van der Waals surface area contributed by atoms with Gasteiger partial charge in [0, 0.05) is 17.2 Å². The highest BCUT2D eigenvalue weighted by Gasteiger charge is 2.05. The van der Waals surface area contributed by atoms with Gasteiger partial charge in [0.15, 0.2) is 4.34 Å². The normalized spacial score (nSPS) is 10.7. The standard InChI is InChI=1S/C13H17N3S3/c1-9-4-5-11(8-10(9)2)14-12-15-16-13(19-12)18-7-6-17-3/h4-5,8H,6-7H2,1-3H3,(H,14,15). The Morgan fingerprint density at radius 2 is 2.00 bits per heavy atom. The van der Waals surface area contributed by atoms with Gasteiger partial charge in [0.05, 0.1) is 0 Å². The SMILES string of the molecule is CSCCSc1nnc(Nc2ccc(C)c(C)c2)s1. The first-order valence-corrected chi connectivity index (χ1v) is 9.18. The molecule has 0 radical (unpaired) electrons. The molecule has 0 aliphatic heterocycles. The van der Waals surface area contributed by atoms with E-state index in [2.05, 4.69) is 53.8 Å². The summed E-state index contributed by atoms with van der Waals surface area (Å²) in [6.07, 6.45) is 2.12. The van der Waals surface area contributed by atoms with Crippen LogP contribution < -0.4 is 5.32 Å². The highest BCUT2D eigenvalue weighted by molar-refractivity contribution is 8.03. The van der Waals surface area contributed by atoms with Gasteiger partial charge < -0.3 is 5.32 Å². The van der Waals surface area contributed by atoms with E-state index in [-0.39, 0.29) is 0 Å². The average Bonchev–Trinajstić information content (AvgIpc) is 2.82. The van der Waals surface area contributed by atoms with Crippen molar-refractivity contribution in [3.05, 3.63) is 29.3 Å². The Hall–Kier alpha value is -0.720. The first-order valence-electron chi connectivity index (χ1n) is 5.98. The van der Waals surface area contributed by atoms with Crippen LogP contribution in [0.5, 0.6) is 0 Å². The summed E-state index contributed by atoms with van der Waals surface area (Å²) in [5.74, 6) is 2.23. The van der Waals surface area contributed by atoms with E-state index in [0.717, 1.165) is 26.7 Å². The van der Waals surface area contributed by atoms with Crippen molar-refractivity contribution in [2.45, 2.75) is 18.2 Å². The third-order valence-corrected chi connectivity index (χ3v) is 5.52. The Balaban J connectivity index is 1.97. The lowest BCUT2D eigenvalue weighted by Gasteiger charge is -2.05. The van der Waals surface area contributed by atoms with E-state index in [9.17, 15) is 0 Å². The molecule has 1 aromatic carbocycles. The minimum atomic E-state index is 0.856. The van der Waals surface area contributed by atoms with Crippen molar-refractivity contribution in [3.63, 3.8) is 0 Å². The maximum atomic E-state index is 4.18. The van der Waals surface area contributed by atoms with Crippen LogP contribution in [0.15, 0.2) is 22.5 Å². The number of hydrogen-bond acceptors (Lipinski definition) is 6. The van der Waals surface area contributed by atoms with E-state index in [4.69, 9.17) is 0 Å². The fourth-order valence-corrected chi connectivity index (χ4v) is 3.97. The molecule has 3 nitrogen and oxygen atoms in total. The molecule has 1 N–H and O–H groups in total. The van der Waals surface area contributed by atoms with E-state index >= 15 is 0 Å². The van der Waals surface area contributed by atoms with Gasteiger partial charge in [-0.1, -0.05) is 29.2 Å². The summed E-state index contributed by atoms with van der Waals surface area (Å²) in [6, 6.07) is 6.33. The molecule has 0 atom stereocenters. The first-order chi connectivity index (χ1) is 9.19. The third-order valence-electron chi connectivity index (χ3n) is 2.68. The second kappa shape index (κ2) is 7.17. The third kappa shape index (κ3) is 4.40. The molecular weight excluding hydrogens is 294 g/mol. The average molecular weight is 312 g/mol. The Morgan fingerprint density at radius 3 is 2.74 bits per heavy atom. The van der Waals surface area contributed by atoms with Crippen LogP contribution in [0.2, 0.25) is 0 Å². The predicted octanol–water partition coefficient (Wildman–Crippen LogP) is 4.35. The van der Waals surface area contributed by atoms with Gasteiger partial charge in [-0.25, -0.2) is 0 Å². The van der Waals surface area contributed by atoms with Gasteiger partial charge in [-0.3, -0.25) is 0 Å². The summed E-state index contributed by atoms with van der Waals surface area (Å²) in [6.45, 7) is 4.23. The number of aryl methyl sites for hydroxylation is 2. The molecule has 0 spiro atoms. The number of benzene rings is 1. The molecule has 6 heteroatoms. The maximum Gasteiger partial charge on any atom is 0.210 e. The molecule has 2 aromatic rings. The fraction of sp³-hybridized carbons (Fsp3) is 0.385. The maximum absolute atomic E-state index is 4.18. The molecule has 0 saturated carbocycles. The Bertz CT molecular complexity index is 540. The van der Waals surface area contributed by atoms with Crippen LogP contribution in [-0.2, 0) is 0 Å².